The average Bonchev–Trinajstić information content (AvgIpc) is 2.47. The van der Waals surface area contributed by atoms with E-state index < -0.39 is 16.0 Å². The minimum Gasteiger partial charge on any atom is -0.511 e. The zero-order chi connectivity index (χ0) is 15.2. The maximum atomic E-state index is 12.8. The molecule has 0 radical (unpaired) electrons. The summed E-state index contributed by atoms with van der Waals surface area (Å²) in [5.41, 5.74) is 0. The van der Waals surface area contributed by atoms with Crippen molar-refractivity contribution < 1.29 is 14.1 Å². The molecule has 0 saturated carbocycles. The number of hydrogen-bond acceptors (Lipinski definition) is 3. The van der Waals surface area contributed by atoms with Crippen LogP contribution in [0.3, 0.4) is 0 Å². The average molecular weight is 306 g/mol. The van der Waals surface area contributed by atoms with Crippen LogP contribution < -0.4 is 0 Å². The molecule has 114 valence electrons. The zero-order valence-corrected chi connectivity index (χ0v) is 13.1. The number of carbonyl (C=O) groups excluding carboxylic acids is 1. The molecular weight excluding hydrogens is 284 g/mol. The molecule has 3 atom stereocenters. The van der Waals surface area contributed by atoms with Crippen LogP contribution in [-0.2, 0) is 15.6 Å². The molecule has 1 aromatic rings. The fraction of sp³-hybridized carbons (Fsp3) is 0.471. The molecule has 0 spiro atoms. The summed E-state index contributed by atoms with van der Waals surface area (Å²) in [6.07, 6.45) is 5.68. The maximum absolute atomic E-state index is 12.8. The fourth-order valence-corrected chi connectivity index (χ4v) is 4.40. The lowest BCUT2D eigenvalue weighted by Crippen LogP contribution is -2.33. The van der Waals surface area contributed by atoms with Gasteiger partial charge in [-0.25, -0.2) is 0 Å². The van der Waals surface area contributed by atoms with E-state index in [4.69, 9.17) is 0 Å². The molecule has 21 heavy (non-hydrogen) atoms. The second kappa shape index (κ2) is 7.55. The van der Waals surface area contributed by atoms with Crippen molar-refractivity contribution in [1.29, 1.82) is 0 Å². The molecule has 1 aromatic carbocycles. The Morgan fingerprint density at radius 3 is 2.62 bits per heavy atom. The molecule has 1 aliphatic rings. The molecule has 0 heterocycles. The van der Waals surface area contributed by atoms with E-state index in [1.807, 2.05) is 30.3 Å². The van der Waals surface area contributed by atoms with Gasteiger partial charge in [-0.3, -0.25) is 9.00 Å². The second-order valence-corrected chi connectivity index (χ2v) is 7.10. The van der Waals surface area contributed by atoms with E-state index in [9.17, 15) is 14.1 Å². The van der Waals surface area contributed by atoms with Gasteiger partial charge in [0.2, 0.25) is 0 Å². The van der Waals surface area contributed by atoms with Crippen LogP contribution in [-0.4, -0.2) is 20.3 Å². The van der Waals surface area contributed by atoms with Crippen LogP contribution >= 0.6 is 0 Å². The Balaban J connectivity index is 2.20. The van der Waals surface area contributed by atoms with Crippen LogP contribution in [0.2, 0.25) is 0 Å². The summed E-state index contributed by atoms with van der Waals surface area (Å²) in [5.74, 6) is -0.111. The first-order valence-corrected chi connectivity index (χ1v) is 8.73. The molecule has 3 unspecified atom stereocenters. The molecular formula is C17H22O3S. The lowest BCUT2D eigenvalue weighted by molar-refractivity contribution is -0.116. The summed E-state index contributed by atoms with van der Waals surface area (Å²) in [5, 5.41) is 9.69. The van der Waals surface area contributed by atoms with E-state index in [2.05, 4.69) is 6.92 Å². The summed E-state index contributed by atoms with van der Waals surface area (Å²) in [6.45, 7) is 2.13. The number of rotatable bonds is 6. The van der Waals surface area contributed by atoms with Crippen molar-refractivity contribution in [3.05, 3.63) is 42.2 Å². The van der Waals surface area contributed by atoms with Gasteiger partial charge in [0.05, 0.1) is 16.0 Å². The summed E-state index contributed by atoms with van der Waals surface area (Å²) in [7, 11) is -1.32. The van der Waals surface area contributed by atoms with E-state index in [0.29, 0.717) is 11.3 Å². The maximum Gasteiger partial charge on any atom is 0.159 e. The number of aliphatic hydroxyl groups excluding tert-OH is 1. The highest BCUT2D eigenvalue weighted by atomic mass is 32.2. The van der Waals surface area contributed by atoms with Gasteiger partial charge in [-0.05, 0) is 24.5 Å². The van der Waals surface area contributed by atoms with Gasteiger partial charge in [0.15, 0.2) is 5.78 Å². The molecule has 0 aromatic heterocycles. The van der Waals surface area contributed by atoms with Gasteiger partial charge in [0, 0.05) is 17.4 Å². The largest absolute Gasteiger partial charge is 0.511 e. The van der Waals surface area contributed by atoms with Crippen molar-refractivity contribution in [2.75, 3.05) is 0 Å². The van der Waals surface area contributed by atoms with E-state index in [0.717, 1.165) is 25.7 Å². The van der Waals surface area contributed by atoms with Crippen molar-refractivity contribution in [2.24, 2.45) is 5.92 Å². The Bertz CT molecular complexity index is 536. The summed E-state index contributed by atoms with van der Waals surface area (Å²) < 4.78 is 12.8. The Hall–Kier alpha value is -1.42. The van der Waals surface area contributed by atoms with Crippen molar-refractivity contribution in [3.63, 3.8) is 0 Å². The van der Waals surface area contributed by atoms with E-state index in [1.165, 1.54) is 6.08 Å². The Morgan fingerprint density at radius 1 is 1.24 bits per heavy atom. The lowest BCUT2D eigenvalue weighted by atomic mass is 9.87. The second-order valence-electron chi connectivity index (χ2n) is 5.53. The van der Waals surface area contributed by atoms with Crippen LogP contribution in [0, 0.1) is 5.92 Å². The molecule has 1 aliphatic carbocycles. The molecule has 0 aliphatic heterocycles. The molecule has 1 N–H and O–H groups in total. The monoisotopic (exact) mass is 306 g/mol. The molecule has 3 nitrogen and oxygen atoms in total. The van der Waals surface area contributed by atoms with Gasteiger partial charge in [-0.1, -0.05) is 44.4 Å². The first-order chi connectivity index (χ1) is 10.1. The number of benzene rings is 1. The number of carbonyl (C=O) groups is 1. The quantitative estimate of drug-likeness (QED) is 0.814. The topological polar surface area (TPSA) is 54.4 Å². The van der Waals surface area contributed by atoms with E-state index in [1.54, 1.807) is 0 Å². The van der Waals surface area contributed by atoms with E-state index >= 15 is 0 Å². The predicted molar refractivity (Wildman–Crippen MR) is 84.6 cm³/mol. The van der Waals surface area contributed by atoms with Crippen molar-refractivity contribution in [1.82, 2.24) is 0 Å². The lowest BCUT2D eigenvalue weighted by Gasteiger charge is -2.28. The van der Waals surface area contributed by atoms with Gasteiger partial charge >= 0.3 is 0 Å². The normalized spacial score (nSPS) is 23.7. The zero-order valence-electron chi connectivity index (χ0n) is 12.3. The summed E-state index contributed by atoms with van der Waals surface area (Å²) in [4.78, 5) is 12.4. The highest BCUT2D eigenvalue weighted by Crippen LogP contribution is 2.32. The molecule has 4 heteroatoms. The highest BCUT2D eigenvalue weighted by molar-refractivity contribution is 7.86. The Labute approximate surface area is 128 Å². The van der Waals surface area contributed by atoms with Gasteiger partial charge < -0.3 is 5.11 Å². The SMILES string of the molecule is CCCCCC1CC(=O)C=C(O)C1S(=O)c1ccccc1. The molecule has 0 bridgehead atoms. The number of aliphatic hydroxyl groups is 1. The first kappa shape index (κ1) is 16.0. The van der Waals surface area contributed by atoms with Crippen molar-refractivity contribution in [3.8, 4) is 0 Å². The summed E-state index contributed by atoms with van der Waals surface area (Å²) >= 11 is 0. The highest BCUT2D eigenvalue weighted by Gasteiger charge is 2.35. The smallest absolute Gasteiger partial charge is 0.159 e. The number of allylic oxidation sites excluding steroid dienone is 1. The van der Waals surface area contributed by atoms with E-state index in [-0.39, 0.29) is 17.5 Å². The summed E-state index contributed by atoms with van der Waals surface area (Å²) in [6, 6.07) is 9.17. The van der Waals surface area contributed by atoms with Crippen LogP contribution in [0.15, 0.2) is 47.1 Å². The minimum atomic E-state index is -1.32. The predicted octanol–water partition coefficient (Wildman–Crippen LogP) is 3.77. The molecule has 0 saturated heterocycles. The third kappa shape index (κ3) is 4.03. The van der Waals surface area contributed by atoms with Crippen LogP contribution in [0.4, 0.5) is 0 Å². The third-order valence-corrected chi connectivity index (χ3v) is 5.70. The Kier molecular flexibility index (Phi) is 5.74. The van der Waals surface area contributed by atoms with Crippen molar-refractivity contribution in [2.45, 2.75) is 49.2 Å². The number of unbranched alkanes of at least 4 members (excludes halogenated alkanes) is 2. The third-order valence-electron chi connectivity index (χ3n) is 3.88. The van der Waals surface area contributed by atoms with Crippen LogP contribution in [0.5, 0.6) is 0 Å². The number of ketones is 1. The Morgan fingerprint density at radius 2 is 1.95 bits per heavy atom. The number of hydrogen-bond donors (Lipinski definition) is 1. The first-order valence-electron chi connectivity index (χ1n) is 7.52. The van der Waals surface area contributed by atoms with Crippen LogP contribution in [0.1, 0.15) is 39.0 Å². The van der Waals surface area contributed by atoms with Gasteiger partial charge in [-0.15, -0.1) is 0 Å². The molecule has 2 rings (SSSR count). The van der Waals surface area contributed by atoms with Gasteiger partial charge in [0.1, 0.15) is 5.76 Å². The molecule has 0 fully saturated rings. The standard InChI is InChI=1S/C17H22O3S/c1-2-3-5-8-13-11-14(18)12-16(19)17(13)21(20)15-9-6-4-7-10-15/h4,6-7,9-10,12-13,17,19H,2-3,5,8,11H2,1H3. The molecule has 0 amide bonds. The minimum absolute atomic E-state index is 0.0186. The van der Waals surface area contributed by atoms with Gasteiger partial charge in [0.25, 0.3) is 0 Å². The van der Waals surface area contributed by atoms with Crippen molar-refractivity contribution >= 4 is 16.6 Å². The van der Waals surface area contributed by atoms with Gasteiger partial charge in [-0.2, -0.15) is 0 Å². The fourth-order valence-electron chi connectivity index (χ4n) is 2.81. The van der Waals surface area contributed by atoms with Crippen LogP contribution in [0.25, 0.3) is 0 Å².